The maximum absolute atomic E-state index is 11.0. The van der Waals surface area contributed by atoms with Gasteiger partial charge in [0.25, 0.3) is 5.69 Å². The van der Waals surface area contributed by atoms with E-state index in [4.69, 9.17) is 28.2 Å². The number of thiazole rings is 1. The Morgan fingerprint density at radius 3 is 2.37 bits per heavy atom. The van der Waals surface area contributed by atoms with E-state index in [1.54, 1.807) is 24.3 Å². The van der Waals surface area contributed by atoms with Crippen LogP contribution in [0.2, 0.25) is 10.0 Å². The van der Waals surface area contributed by atoms with Crippen LogP contribution in [-0.4, -0.2) is 9.49 Å². The Bertz CT molecular complexity index is 1100. The van der Waals surface area contributed by atoms with Gasteiger partial charge in [0.2, 0.25) is 0 Å². The molecule has 0 spiro atoms. The lowest BCUT2D eigenvalue weighted by Gasteiger charge is -2.18. The maximum Gasteiger partial charge on any atom is 0.269 e. The van der Waals surface area contributed by atoms with Gasteiger partial charge in [-0.05, 0) is 61.6 Å². The number of nitro benzene ring substituents is 1. The molecule has 0 amide bonds. The highest BCUT2D eigenvalue weighted by molar-refractivity contribution is 7.07. The summed E-state index contributed by atoms with van der Waals surface area (Å²) in [6.07, 6.45) is 2.10. The first-order valence-electron chi connectivity index (χ1n) is 9.71. The summed E-state index contributed by atoms with van der Waals surface area (Å²) >= 11 is 13.7. The Balaban J connectivity index is 2.09. The molecule has 0 saturated carbocycles. The molecule has 8 heteroatoms. The minimum atomic E-state index is -0.387. The fraction of sp³-hybridized carbons (Fsp3) is 0.318. The second-order valence-corrected chi connectivity index (χ2v) is 9.26. The highest BCUT2D eigenvalue weighted by Crippen LogP contribution is 2.29. The zero-order chi connectivity index (χ0) is 21.8. The lowest BCUT2D eigenvalue weighted by atomic mass is 10.0. The molecule has 1 unspecified atom stereocenters. The Labute approximate surface area is 189 Å². The summed E-state index contributed by atoms with van der Waals surface area (Å²) in [6.45, 7) is 6.60. The second kappa shape index (κ2) is 9.77. The zero-order valence-electron chi connectivity index (χ0n) is 17.0. The lowest BCUT2D eigenvalue weighted by Crippen LogP contribution is -2.20. The predicted octanol–water partition coefficient (Wildman–Crippen LogP) is 7.66. The number of rotatable bonds is 7. The molecule has 158 valence electrons. The van der Waals surface area contributed by atoms with Crippen LogP contribution in [0.5, 0.6) is 0 Å². The molecule has 0 aliphatic rings. The lowest BCUT2D eigenvalue weighted by molar-refractivity contribution is -0.384. The molecule has 0 aliphatic heterocycles. The zero-order valence-corrected chi connectivity index (χ0v) is 19.3. The van der Waals surface area contributed by atoms with Crippen molar-refractivity contribution in [1.29, 1.82) is 0 Å². The molecule has 3 rings (SSSR count). The van der Waals surface area contributed by atoms with E-state index in [0.29, 0.717) is 16.0 Å². The van der Waals surface area contributed by atoms with Gasteiger partial charge in [-0.25, -0.2) is 4.99 Å². The number of nitro groups is 1. The smallest absolute Gasteiger partial charge is 0.269 e. The third kappa shape index (κ3) is 5.31. The van der Waals surface area contributed by atoms with Crippen molar-refractivity contribution in [3.63, 3.8) is 0 Å². The van der Waals surface area contributed by atoms with Crippen molar-refractivity contribution >= 4 is 45.9 Å². The molecule has 30 heavy (non-hydrogen) atoms. The van der Waals surface area contributed by atoms with Gasteiger partial charge in [-0.3, -0.25) is 10.1 Å². The van der Waals surface area contributed by atoms with Crippen LogP contribution in [0.1, 0.15) is 39.7 Å². The molecule has 0 fully saturated rings. The number of non-ortho nitro benzene ring substituents is 1. The third-order valence-electron chi connectivity index (χ3n) is 4.85. The Kier molecular flexibility index (Phi) is 7.34. The molecule has 0 N–H and O–H groups in total. The maximum atomic E-state index is 11.0. The minimum absolute atomic E-state index is 0.0779. The summed E-state index contributed by atoms with van der Waals surface area (Å²) in [6, 6.07) is 12.2. The molecule has 1 heterocycles. The average molecular weight is 464 g/mol. The van der Waals surface area contributed by atoms with Crippen LogP contribution in [0, 0.1) is 16.0 Å². The van der Waals surface area contributed by atoms with E-state index in [9.17, 15) is 10.1 Å². The second-order valence-electron chi connectivity index (χ2n) is 7.61. The summed E-state index contributed by atoms with van der Waals surface area (Å²) in [4.78, 5) is 16.3. The first-order valence-corrected chi connectivity index (χ1v) is 11.3. The van der Waals surface area contributed by atoms with Gasteiger partial charge in [0.15, 0.2) is 4.80 Å². The average Bonchev–Trinajstić information content (AvgIpc) is 3.12. The van der Waals surface area contributed by atoms with E-state index in [1.807, 2.05) is 11.4 Å². The van der Waals surface area contributed by atoms with E-state index in [-0.39, 0.29) is 16.7 Å². The van der Waals surface area contributed by atoms with E-state index in [1.165, 1.54) is 23.5 Å². The third-order valence-corrected chi connectivity index (χ3v) is 6.42. The van der Waals surface area contributed by atoms with Crippen molar-refractivity contribution in [2.75, 3.05) is 0 Å². The summed E-state index contributed by atoms with van der Waals surface area (Å²) < 4.78 is 2.21. The predicted molar refractivity (Wildman–Crippen MR) is 125 cm³/mol. The van der Waals surface area contributed by atoms with Gasteiger partial charge in [0, 0.05) is 23.6 Å². The summed E-state index contributed by atoms with van der Waals surface area (Å²) in [5.41, 5.74) is 2.72. The molecule has 1 atom stereocenters. The molecule has 0 aliphatic carbocycles. The van der Waals surface area contributed by atoms with E-state index in [2.05, 4.69) is 25.3 Å². The van der Waals surface area contributed by atoms with Crippen molar-refractivity contribution in [3.05, 3.63) is 72.8 Å². The monoisotopic (exact) mass is 463 g/mol. The minimum Gasteiger partial charge on any atom is -0.314 e. The Morgan fingerprint density at radius 2 is 1.77 bits per heavy atom. The Morgan fingerprint density at radius 1 is 1.07 bits per heavy atom. The Hall–Kier alpha value is -2.15. The largest absolute Gasteiger partial charge is 0.314 e. The summed E-state index contributed by atoms with van der Waals surface area (Å²) in [5.74, 6) is 0.602. The summed E-state index contributed by atoms with van der Waals surface area (Å²) in [5, 5.41) is 14.0. The molecule has 0 saturated heterocycles. The van der Waals surface area contributed by atoms with Crippen molar-refractivity contribution in [2.45, 2.75) is 39.7 Å². The van der Waals surface area contributed by atoms with Crippen LogP contribution in [0.25, 0.3) is 11.3 Å². The molecule has 0 bridgehead atoms. The number of aromatic nitrogens is 1. The molecule has 0 radical (unpaired) electrons. The van der Waals surface area contributed by atoms with Gasteiger partial charge in [0.05, 0.1) is 26.3 Å². The van der Waals surface area contributed by atoms with Crippen LogP contribution in [-0.2, 0) is 0 Å². The van der Waals surface area contributed by atoms with Gasteiger partial charge >= 0.3 is 0 Å². The molecule has 5 nitrogen and oxygen atoms in total. The van der Waals surface area contributed by atoms with Crippen LogP contribution in [0.15, 0.2) is 52.8 Å². The van der Waals surface area contributed by atoms with Crippen LogP contribution in [0.3, 0.4) is 0 Å². The van der Waals surface area contributed by atoms with Gasteiger partial charge in [-0.15, -0.1) is 11.3 Å². The van der Waals surface area contributed by atoms with Crippen molar-refractivity contribution in [3.8, 4) is 11.3 Å². The molecule has 1 aromatic heterocycles. The standard InChI is InChI=1S/C22H23Cl2N3O2S/c1-14(2)4-5-15(3)26-21(16-6-9-18(10-7-16)27(28)29)13-30-22(26)25-17-8-11-19(23)20(24)12-17/h6-15H,4-5H2,1-3H3. The van der Waals surface area contributed by atoms with Crippen LogP contribution < -0.4 is 4.80 Å². The molecular weight excluding hydrogens is 441 g/mol. The van der Waals surface area contributed by atoms with Crippen LogP contribution in [0.4, 0.5) is 11.4 Å². The number of halogens is 2. The number of benzene rings is 2. The highest BCUT2D eigenvalue weighted by Gasteiger charge is 2.16. The number of nitrogens with zero attached hydrogens (tertiary/aromatic N) is 3. The molecular formula is C22H23Cl2N3O2S. The van der Waals surface area contributed by atoms with Crippen LogP contribution >= 0.6 is 34.5 Å². The van der Waals surface area contributed by atoms with Crippen molar-refractivity contribution in [2.24, 2.45) is 10.9 Å². The highest BCUT2D eigenvalue weighted by atomic mass is 35.5. The van der Waals surface area contributed by atoms with E-state index in [0.717, 1.165) is 34.6 Å². The molecule has 3 aromatic rings. The first kappa shape index (κ1) is 22.5. The fourth-order valence-electron chi connectivity index (χ4n) is 3.16. The number of hydrogen-bond donors (Lipinski definition) is 0. The van der Waals surface area contributed by atoms with E-state index >= 15 is 0 Å². The normalized spacial score (nSPS) is 13.1. The SMILES string of the molecule is CC(C)CCC(C)n1c(-c2ccc([N+](=O)[O-])cc2)csc1=Nc1ccc(Cl)c(Cl)c1. The quantitative estimate of drug-likeness (QED) is 0.266. The van der Waals surface area contributed by atoms with E-state index < -0.39 is 0 Å². The van der Waals surface area contributed by atoms with Crippen molar-refractivity contribution in [1.82, 2.24) is 4.57 Å². The van der Waals surface area contributed by atoms with Gasteiger partial charge in [0.1, 0.15) is 0 Å². The van der Waals surface area contributed by atoms with Gasteiger partial charge in [-0.2, -0.15) is 0 Å². The summed E-state index contributed by atoms with van der Waals surface area (Å²) in [7, 11) is 0. The first-order chi connectivity index (χ1) is 14.3. The fourth-order valence-corrected chi connectivity index (χ4v) is 4.47. The number of hydrogen-bond acceptors (Lipinski definition) is 4. The van der Waals surface area contributed by atoms with Gasteiger partial charge < -0.3 is 4.57 Å². The topological polar surface area (TPSA) is 60.4 Å². The van der Waals surface area contributed by atoms with Crippen molar-refractivity contribution < 1.29 is 4.92 Å². The molecule has 2 aromatic carbocycles. The van der Waals surface area contributed by atoms with Gasteiger partial charge in [-0.1, -0.05) is 37.0 Å².